The number of hydrogen-bond donors (Lipinski definition) is 0. The molecule has 1 aliphatic carbocycles. The number of nitrogens with zero attached hydrogens (tertiary/aromatic N) is 3. The van der Waals surface area contributed by atoms with Gasteiger partial charge in [-0.2, -0.15) is 5.10 Å². The third-order valence-electron chi connectivity index (χ3n) is 4.64. The van der Waals surface area contributed by atoms with Gasteiger partial charge in [0.05, 0.1) is 17.1 Å². The Morgan fingerprint density at radius 3 is 2.73 bits per heavy atom. The molecule has 2 heterocycles. The van der Waals surface area contributed by atoms with Crippen LogP contribution < -0.4 is 0 Å². The second-order valence-corrected chi connectivity index (χ2v) is 7.04. The van der Waals surface area contributed by atoms with Crippen LogP contribution in [0.5, 0.6) is 0 Å². The van der Waals surface area contributed by atoms with Crippen molar-refractivity contribution in [2.75, 3.05) is 0 Å². The van der Waals surface area contributed by atoms with E-state index in [9.17, 15) is 4.39 Å². The first-order chi connectivity index (χ1) is 12.6. The second-order valence-electron chi connectivity index (χ2n) is 7.04. The Bertz CT molecular complexity index is 860. The maximum Gasteiger partial charge on any atom is 0.158 e. The number of aromatic nitrogens is 1. The Kier molecular flexibility index (Phi) is 4.45. The van der Waals surface area contributed by atoms with E-state index >= 15 is 0 Å². The Balaban J connectivity index is 1.49. The summed E-state index contributed by atoms with van der Waals surface area (Å²) < 4.78 is 18.6. The lowest BCUT2D eigenvalue weighted by atomic mass is 10.0. The van der Waals surface area contributed by atoms with Crippen LogP contribution in [-0.4, -0.2) is 22.0 Å². The number of allylic oxidation sites excluding steroid dienone is 2. The van der Waals surface area contributed by atoms with Gasteiger partial charge in [0.1, 0.15) is 12.7 Å². The smallest absolute Gasteiger partial charge is 0.158 e. The molecule has 4 nitrogen and oxygen atoms in total. The normalized spacial score (nSPS) is 18.2. The largest absolute Gasteiger partial charge is 0.359 e. The maximum atomic E-state index is 13.1. The molecule has 1 atom stereocenters. The van der Waals surface area contributed by atoms with Gasteiger partial charge in [-0.15, -0.1) is 0 Å². The van der Waals surface area contributed by atoms with Gasteiger partial charge in [0.15, 0.2) is 5.76 Å². The van der Waals surface area contributed by atoms with Crippen molar-refractivity contribution in [3.05, 3.63) is 77.3 Å². The molecular formula is C21H22FN3O. The van der Waals surface area contributed by atoms with E-state index in [4.69, 9.17) is 9.62 Å². The minimum Gasteiger partial charge on any atom is -0.359 e. The van der Waals surface area contributed by atoms with E-state index in [2.05, 4.69) is 11.7 Å². The van der Waals surface area contributed by atoms with Gasteiger partial charge in [0, 0.05) is 24.0 Å². The fourth-order valence-corrected chi connectivity index (χ4v) is 3.04. The highest BCUT2D eigenvalue weighted by Gasteiger charge is 2.27. The number of halogens is 1. The molecular weight excluding hydrogens is 329 g/mol. The molecule has 1 unspecified atom stereocenters. The predicted octanol–water partition coefficient (Wildman–Crippen LogP) is 4.74. The van der Waals surface area contributed by atoms with E-state index in [1.807, 2.05) is 47.5 Å². The zero-order valence-electron chi connectivity index (χ0n) is 14.9. The first-order valence-electron chi connectivity index (χ1n) is 9.00. The second kappa shape index (κ2) is 6.90. The first-order valence-corrected chi connectivity index (χ1v) is 9.00. The van der Waals surface area contributed by atoms with E-state index < -0.39 is 6.17 Å². The summed E-state index contributed by atoms with van der Waals surface area (Å²) in [5.74, 6) is 1.36. The molecule has 1 aromatic heterocycles. The minimum absolute atomic E-state index is 0.431. The highest BCUT2D eigenvalue weighted by molar-refractivity contribution is 6.09. The molecule has 1 aromatic carbocycles. The van der Waals surface area contributed by atoms with Crippen molar-refractivity contribution in [1.29, 1.82) is 0 Å². The van der Waals surface area contributed by atoms with Crippen LogP contribution in [0.4, 0.5) is 4.39 Å². The summed E-state index contributed by atoms with van der Waals surface area (Å²) in [7, 11) is 0. The SMILES string of the molecule is C=C1C=CC(c2ccc(CC(C)F)cc2)=NN1Cc1cc(C2CC2)no1. The zero-order chi connectivity index (χ0) is 18.1. The molecule has 0 spiro atoms. The molecule has 0 N–H and O–H groups in total. The van der Waals surface area contributed by atoms with Gasteiger partial charge in [-0.25, -0.2) is 4.39 Å². The Morgan fingerprint density at radius 1 is 1.27 bits per heavy atom. The van der Waals surface area contributed by atoms with Crippen LogP contribution >= 0.6 is 0 Å². The Hall–Kier alpha value is -2.69. The molecule has 134 valence electrons. The van der Waals surface area contributed by atoms with Crippen LogP contribution in [-0.2, 0) is 13.0 Å². The standard InChI is InChI=1S/C21H22FN3O/c1-14(22)11-16-4-6-17(7-5-16)20-10-3-15(2)25(23-20)13-19-12-21(24-26-19)18-8-9-18/h3-7,10,12,14,18H,2,8-9,11,13H2,1H3. The van der Waals surface area contributed by atoms with Gasteiger partial charge in [-0.1, -0.05) is 36.0 Å². The van der Waals surface area contributed by atoms with Crippen molar-refractivity contribution >= 4 is 5.71 Å². The van der Waals surface area contributed by atoms with Crippen LogP contribution in [0.1, 0.15) is 48.3 Å². The molecule has 2 aliphatic rings. The average molecular weight is 351 g/mol. The average Bonchev–Trinajstić information content (AvgIpc) is 3.37. The minimum atomic E-state index is -0.839. The van der Waals surface area contributed by atoms with E-state index in [-0.39, 0.29) is 0 Å². The summed E-state index contributed by atoms with van der Waals surface area (Å²) in [6.07, 6.45) is 5.88. The molecule has 26 heavy (non-hydrogen) atoms. The van der Waals surface area contributed by atoms with Gasteiger partial charge >= 0.3 is 0 Å². The molecule has 1 saturated carbocycles. The van der Waals surface area contributed by atoms with Crippen molar-refractivity contribution in [1.82, 2.24) is 10.2 Å². The highest BCUT2D eigenvalue weighted by Crippen LogP contribution is 2.39. The van der Waals surface area contributed by atoms with Gasteiger partial charge < -0.3 is 4.52 Å². The van der Waals surface area contributed by atoms with Crippen LogP contribution in [0, 0.1) is 0 Å². The predicted molar refractivity (Wildman–Crippen MR) is 99.6 cm³/mol. The summed E-state index contributed by atoms with van der Waals surface area (Å²) in [6, 6.07) is 9.88. The summed E-state index contributed by atoms with van der Waals surface area (Å²) in [6.45, 7) is 6.13. The quantitative estimate of drug-likeness (QED) is 0.755. The molecule has 0 bridgehead atoms. The monoisotopic (exact) mass is 351 g/mol. The Labute approximate surface area is 152 Å². The number of hydrogen-bond acceptors (Lipinski definition) is 4. The van der Waals surface area contributed by atoms with Gasteiger partial charge in [-0.05, 0) is 37.5 Å². The lowest BCUT2D eigenvalue weighted by molar-refractivity contribution is 0.293. The van der Waals surface area contributed by atoms with E-state index in [1.54, 1.807) is 6.92 Å². The van der Waals surface area contributed by atoms with E-state index in [0.717, 1.165) is 34.0 Å². The highest BCUT2D eigenvalue weighted by atomic mass is 19.1. The van der Waals surface area contributed by atoms with Crippen LogP contribution in [0.3, 0.4) is 0 Å². The Morgan fingerprint density at radius 2 is 2.04 bits per heavy atom. The van der Waals surface area contributed by atoms with Crippen LogP contribution in [0.2, 0.25) is 0 Å². The maximum absolute atomic E-state index is 13.1. The van der Waals surface area contributed by atoms with Crippen molar-refractivity contribution in [3.63, 3.8) is 0 Å². The third-order valence-corrected chi connectivity index (χ3v) is 4.64. The molecule has 0 saturated heterocycles. The number of rotatable bonds is 6. The van der Waals surface area contributed by atoms with Crippen molar-refractivity contribution in [2.24, 2.45) is 5.10 Å². The molecule has 0 radical (unpaired) electrons. The molecule has 1 fully saturated rings. The van der Waals surface area contributed by atoms with Gasteiger partial charge in [0.25, 0.3) is 0 Å². The number of benzene rings is 1. The number of hydrazone groups is 1. The van der Waals surface area contributed by atoms with Gasteiger partial charge in [-0.3, -0.25) is 5.01 Å². The van der Waals surface area contributed by atoms with Crippen molar-refractivity contribution < 1.29 is 8.91 Å². The van der Waals surface area contributed by atoms with E-state index in [0.29, 0.717) is 18.9 Å². The molecule has 5 heteroatoms. The summed E-state index contributed by atoms with van der Waals surface area (Å²) in [4.78, 5) is 0. The van der Waals surface area contributed by atoms with Crippen LogP contribution in [0.25, 0.3) is 0 Å². The number of alkyl halides is 1. The lowest BCUT2D eigenvalue weighted by Gasteiger charge is -2.22. The topological polar surface area (TPSA) is 41.6 Å². The van der Waals surface area contributed by atoms with E-state index in [1.165, 1.54) is 12.8 Å². The summed E-state index contributed by atoms with van der Waals surface area (Å²) >= 11 is 0. The lowest BCUT2D eigenvalue weighted by Crippen LogP contribution is -2.20. The fraction of sp³-hybridized carbons (Fsp3) is 0.333. The van der Waals surface area contributed by atoms with Crippen LogP contribution in [0.15, 0.2) is 64.4 Å². The molecule has 2 aromatic rings. The summed E-state index contributed by atoms with van der Waals surface area (Å²) in [5, 5.41) is 10.7. The van der Waals surface area contributed by atoms with Gasteiger partial charge in [0.2, 0.25) is 0 Å². The molecule has 1 aliphatic heterocycles. The summed E-state index contributed by atoms with van der Waals surface area (Å²) in [5.41, 5.74) is 4.67. The van der Waals surface area contributed by atoms with Crippen molar-refractivity contribution in [3.8, 4) is 0 Å². The van der Waals surface area contributed by atoms with Crippen molar-refractivity contribution in [2.45, 2.75) is 44.8 Å². The first kappa shape index (κ1) is 16.8. The zero-order valence-corrected chi connectivity index (χ0v) is 14.9. The third kappa shape index (κ3) is 3.77. The molecule has 4 rings (SSSR count). The molecule has 0 amide bonds. The fourth-order valence-electron chi connectivity index (χ4n) is 3.04.